The summed E-state index contributed by atoms with van der Waals surface area (Å²) >= 11 is 0. The third kappa shape index (κ3) is 9.21. The van der Waals surface area contributed by atoms with E-state index in [-0.39, 0.29) is 31.3 Å². The van der Waals surface area contributed by atoms with Crippen molar-refractivity contribution in [1.29, 1.82) is 0 Å². The number of unbranched alkanes of at least 4 members (excludes halogenated alkanes) is 1. The van der Waals surface area contributed by atoms with Gasteiger partial charge in [0.15, 0.2) is 5.96 Å². The predicted molar refractivity (Wildman–Crippen MR) is 95.0 cm³/mol. The van der Waals surface area contributed by atoms with Gasteiger partial charge in [0.2, 0.25) is 11.8 Å². The second kappa shape index (κ2) is 11.4. The van der Waals surface area contributed by atoms with E-state index in [4.69, 9.17) is 11.5 Å². The number of nitrogens with two attached hydrogens (primary N) is 2. The molecule has 7 N–H and O–H groups in total. The first kappa shape index (κ1) is 20.9. The van der Waals surface area contributed by atoms with Crippen molar-refractivity contribution in [1.82, 2.24) is 15.6 Å². The van der Waals surface area contributed by atoms with Gasteiger partial charge in [0, 0.05) is 31.8 Å². The van der Waals surface area contributed by atoms with E-state index in [1.54, 1.807) is 18.3 Å². The van der Waals surface area contributed by atoms with Gasteiger partial charge in [0.1, 0.15) is 6.04 Å². The van der Waals surface area contributed by atoms with Crippen molar-refractivity contribution in [3.05, 3.63) is 30.1 Å². The molecule has 2 amide bonds. The number of hydrogen-bond donors (Lipinski definition) is 5. The summed E-state index contributed by atoms with van der Waals surface area (Å²) in [4.78, 5) is 42.5. The van der Waals surface area contributed by atoms with E-state index < -0.39 is 17.9 Å². The van der Waals surface area contributed by atoms with Crippen molar-refractivity contribution in [2.24, 2.45) is 16.5 Å². The zero-order chi connectivity index (χ0) is 19.4. The Balaban J connectivity index is 2.31. The van der Waals surface area contributed by atoms with E-state index in [2.05, 4.69) is 20.6 Å². The summed E-state index contributed by atoms with van der Waals surface area (Å²) in [5.74, 6) is -2.03. The number of carboxylic acids is 1. The van der Waals surface area contributed by atoms with Crippen molar-refractivity contribution in [2.45, 2.75) is 31.7 Å². The summed E-state index contributed by atoms with van der Waals surface area (Å²) in [5.41, 5.74) is 11.1. The van der Waals surface area contributed by atoms with Crippen LogP contribution in [-0.4, -0.2) is 53.0 Å². The largest absolute Gasteiger partial charge is 0.480 e. The predicted octanol–water partition coefficient (Wildman–Crippen LogP) is -1.25. The summed E-state index contributed by atoms with van der Waals surface area (Å²) in [5, 5.41) is 14.0. The minimum absolute atomic E-state index is 0.00499. The van der Waals surface area contributed by atoms with Crippen molar-refractivity contribution < 1.29 is 19.5 Å². The quantitative estimate of drug-likeness (QED) is 0.185. The number of pyridine rings is 1. The Morgan fingerprint density at radius 1 is 1.23 bits per heavy atom. The van der Waals surface area contributed by atoms with Crippen molar-refractivity contribution in [3.63, 3.8) is 0 Å². The van der Waals surface area contributed by atoms with Crippen LogP contribution in [0.25, 0.3) is 0 Å². The lowest BCUT2D eigenvalue weighted by molar-refractivity contribution is -0.141. The van der Waals surface area contributed by atoms with Gasteiger partial charge in [-0.15, -0.1) is 0 Å². The molecule has 0 aliphatic carbocycles. The minimum Gasteiger partial charge on any atom is -0.480 e. The molecule has 1 rings (SSSR count). The van der Waals surface area contributed by atoms with Gasteiger partial charge >= 0.3 is 5.97 Å². The summed E-state index contributed by atoms with van der Waals surface area (Å²) in [6, 6.07) is 2.31. The Labute approximate surface area is 151 Å². The Kier molecular flexibility index (Phi) is 9.15. The van der Waals surface area contributed by atoms with Crippen molar-refractivity contribution >= 4 is 23.7 Å². The zero-order valence-corrected chi connectivity index (χ0v) is 14.4. The highest BCUT2D eigenvalue weighted by Gasteiger charge is 2.20. The van der Waals surface area contributed by atoms with E-state index in [1.807, 2.05) is 0 Å². The summed E-state index contributed by atoms with van der Waals surface area (Å²) in [6.45, 7) is 0.147. The SMILES string of the molecule is NC(N)=NCCCCC(=O)NCC(=O)NC(Cc1cccnc1)C(=O)O. The number of aromatic nitrogens is 1. The standard InChI is InChI=1S/C16H24N6O4/c17-16(18)20-7-2-1-5-13(23)21-10-14(24)22-12(15(25)26)8-11-4-3-6-19-9-11/h3-4,6,9,12H,1-2,5,7-8,10H2,(H,21,23)(H,22,24)(H,25,26)(H4,17,18,20). The number of nitrogens with zero attached hydrogens (tertiary/aromatic N) is 2. The molecule has 0 radical (unpaired) electrons. The Morgan fingerprint density at radius 2 is 2.00 bits per heavy atom. The van der Waals surface area contributed by atoms with Gasteiger partial charge in [-0.2, -0.15) is 0 Å². The Hall–Kier alpha value is -3.17. The number of carbonyl (C=O) groups is 3. The second-order valence-electron chi connectivity index (χ2n) is 5.56. The smallest absolute Gasteiger partial charge is 0.326 e. The molecule has 0 aliphatic rings. The molecule has 0 aliphatic heterocycles. The molecule has 0 saturated heterocycles. The molecule has 0 fully saturated rings. The number of guanidine groups is 1. The van der Waals surface area contributed by atoms with E-state index in [0.717, 1.165) is 0 Å². The van der Waals surface area contributed by atoms with Gasteiger partial charge < -0.3 is 27.2 Å². The molecular formula is C16H24N6O4. The number of carbonyl (C=O) groups excluding carboxylic acids is 2. The maximum Gasteiger partial charge on any atom is 0.326 e. The average molecular weight is 364 g/mol. The van der Waals surface area contributed by atoms with Crippen LogP contribution in [0.5, 0.6) is 0 Å². The first-order chi connectivity index (χ1) is 12.4. The first-order valence-electron chi connectivity index (χ1n) is 8.11. The van der Waals surface area contributed by atoms with Gasteiger partial charge in [0.25, 0.3) is 0 Å². The number of aliphatic imine (C=N–C) groups is 1. The third-order valence-corrected chi connectivity index (χ3v) is 3.35. The molecule has 142 valence electrons. The van der Waals surface area contributed by atoms with Crippen LogP contribution in [0.15, 0.2) is 29.5 Å². The number of hydrogen-bond acceptors (Lipinski definition) is 5. The fourth-order valence-corrected chi connectivity index (χ4v) is 2.07. The van der Waals surface area contributed by atoms with Gasteiger partial charge in [-0.3, -0.25) is 19.6 Å². The van der Waals surface area contributed by atoms with Crippen molar-refractivity contribution in [2.75, 3.05) is 13.1 Å². The Morgan fingerprint density at radius 3 is 2.62 bits per heavy atom. The Bertz CT molecular complexity index is 631. The number of nitrogens with one attached hydrogen (secondary N) is 2. The molecule has 0 spiro atoms. The van der Waals surface area contributed by atoms with Crippen molar-refractivity contribution in [3.8, 4) is 0 Å². The molecule has 26 heavy (non-hydrogen) atoms. The van der Waals surface area contributed by atoms with Gasteiger partial charge in [-0.25, -0.2) is 4.79 Å². The second-order valence-corrected chi connectivity index (χ2v) is 5.56. The fraction of sp³-hybridized carbons (Fsp3) is 0.438. The molecule has 1 aromatic heterocycles. The maximum atomic E-state index is 11.9. The summed E-state index contributed by atoms with van der Waals surface area (Å²) in [7, 11) is 0. The van der Waals surface area contributed by atoms with Crippen LogP contribution < -0.4 is 22.1 Å². The lowest BCUT2D eigenvalue weighted by Crippen LogP contribution is -2.46. The van der Waals surface area contributed by atoms with E-state index in [0.29, 0.717) is 24.9 Å². The van der Waals surface area contributed by atoms with Crippen LogP contribution in [-0.2, 0) is 20.8 Å². The zero-order valence-electron chi connectivity index (χ0n) is 14.4. The lowest BCUT2D eigenvalue weighted by atomic mass is 10.1. The monoisotopic (exact) mass is 364 g/mol. The first-order valence-corrected chi connectivity index (χ1v) is 8.11. The number of carboxylic acid groups (broad SMARTS) is 1. The highest BCUT2D eigenvalue weighted by molar-refractivity contribution is 5.88. The average Bonchev–Trinajstić information content (AvgIpc) is 2.59. The van der Waals surface area contributed by atoms with Gasteiger partial charge in [-0.05, 0) is 24.5 Å². The van der Waals surface area contributed by atoms with E-state index in [9.17, 15) is 19.5 Å². The normalized spacial score (nSPS) is 11.2. The molecule has 0 bridgehead atoms. The van der Waals surface area contributed by atoms with Crippen LogP contribution in [0.4, 0.5) is 0 Å². The number of amides is 2. The molecule has 0 saturated carbocycles. The number of rotatable bonds is 11. The van der Waals surface area contributed by atoms with Gasteiger partial charge in [0.05, 0.1) is 6.54 Å². The topological polar surface area (TPSA) is 173 Å². The molecular weight excluding hydrogens is 340 g/mol. The van der Waals surface area contributed by atoms with Crippen LogP contribution in [0, 0.1) is 0 Å². The van der Waals surface area contributed by atoms with Gasteiger partial charge in [-0.1, -0.05) is 6.07 Å². The van der Waals surface area contributed by atoms with Crippen LogP contribution >= 0.6 is 0 Å². The van der Waals surface area contributed by atoms with Crippen LogP contribution in [0.2, 0.25) is 0 Å². The molecule has 1 heterocycles. The highest BCUT2D eigenvalue weighted by atomic mass is 16.4. The third-order valence-electron chi connectivity index (χ3n) is 3.35. The molecule has 10 heteroatoms. The van der Waals surface area contributed by atoms with Crippen LogP contribution in [0.1, 0.15) is 24.8 Å². The summed E-state index contributed by atoms with van der Waals surface area (Å²) < 4.78 is 0. The highest BCUT2D eigenvalue weighted by Crippen LogP contribution is 2.02. The molecule has 0 aromatic carbocycles. The maximum absolute atomic E-state index is 11.9. The number of aliphatic carboxylic acids is 1. The lowest BCUT2D eigenvalue weighted by Gasteiger charge is -2.14. The summed E-state index contributed by atoms with van der Waals surface area (Å²) in [6.07, 6.45) is 4.66. The van der Waals surface area contributed by atoms with E-state index in [1.165, 1.54) is 6.20 Å². The van der Waals surface area contributed by atoms with E-state index >= 15 is 0 Å². The molecule has 10 nitrogen and oxygen atoms in total. The van der Waals surface area contributed by atoms with Crippen LogP contribution in [0.3, 0.4) is 0 Å². The minimum atomic E-state index is -1.16. The molecule has 1 unspecified atom stereocenters. The molecule has 1 aromatic rings. The molecule has 1 atom stereocenters. The fourth-order valence-electron chi connectivity index (χ4n) is 2.07.